The minimum Gasteiger partial charge on any atom is -0.508 e. The Morgan fingerprint density at radius 1 is 0.933 bits per heavy atom. The zero-order chi connectivity index (χ0) is 12.1. The van der Waals surface area contributed by atoms with Crippen molar-refractivity contribution in [2.75, 3.05) is 0 Å². The van der Waals surface area contributed by atoms with Crippen molar-refractivity contribution < 1.29 is 5.11 Å². The number of aryl methyl sites for hydroxylation is 1. The largest absolute Gasteiger partial charge is 0.508 e. The van der Waals surface area contributed by atoms with E-state index in [-0.39, 0.29) is 0 Å². The van der Waals surface area contributed by atoms with E-state index in [4.69, 9.17) is 5.11 Å². The van der Waals surface area contributed by atoms with Crippen LogP contribution in [-0.4, -0.2) is 5.11 Å². The lowest BCUT2D eigenvalue weighted by Crippen LogP contribution is -1.66. The van der Waals surface area contributed by atoms with Crippen molar-refractivity contribution >= 4 is 0 Å². The van der Waals surface area contributed by atoms with Gasteiger partial charge >= 0.3 is 0 Å². The standard InChI is InChI=1S/C7H8O.C5H12.C2H6/c1-6-2-4-7(8)5-3-6;1-3-5-4-2;1-2/h2-5,8H,1H3;3-5H2,1-2H3;1-2H3. The van der Waals surface area contributed by atoms with Crippen LogP contribution in [-0.2, 0) is 0 Å². The van der Waals surface area contributed by atoms with Gasteiger partial charge in [0.15, 0.2) is 0 Å². The first kappa shape index (κ1) is 16.4. The summed E-state index contributed by atoms with van der Waals surface area (Å²) in [6.07, 6.45) is 4.08. The maximum absolute atomic E-state index is 8.76. The molecule has 1 rings (SSSR count). The number of aromatic hydroxyl groups is 1. The van der Waals surface area contributed by atoms with Crippen LogP contribution in [0.15, 0.2) is 24.3 Å². The Morgan fingerprint density at radius 2 is 1.33 bits per heavy atom. The second-order valence-electron chi connectivity index (χ2n) is 3.19. The molecule has 0 aromatic heterocycles. The molecule has 1 N–H and O–H groups in total. The molecule has 88 valence electrons. The molecule has 0 radical (unpaired) electrons. The van der Waals surface area contributed by atoms with Crippen LogP contribution in [0.5, 0.6) is 5.75 Å². The van der Waals surface area contributed by atoms with Gasteiger partial charge in [-0.2, -0.15) is 0 Å². The molecule has 0 saturated carbocycles. The summed E-state index contributed by atoms with van der Waals surface area (Å²) >= 11 is 0. The van der Waals surface area contributed by atoms with Gasteiger partial charge in [-0.3, -0.25) is 0 Å². The molecule has 0 spiro atoms. The third-order valence-corrected chi connectivity index (χ3v) is 1.74. The maximum Gasteiger partial charge on any atom is 0.115 e. The number of phenols is 1. The number of benzene rings is 1. The van der Waals surface area contributed by atoms with Crippen LogP contribution in [0.2, 0.25) is 0 Å². The number of hydrogen-bond acceptors (Lipinski definition) is 1. The Kier molecular flexibility index (Phi) is 14.3. The molecule has 1 heteroatoms. The van der Waals surface area contributed by atoms with E-state index >= 15 is 0 Å². The summed E-state index contributed by atoms with van der Waals surface area (Å²) in [5, 5.41) is 8.76. The molecule has 15 heavy (non-hydrogen) atoms. The van der Waals surface area contributed by atoms with Crippen LogP contribution in [0.4, 0.5) is 0 Å². The Balaban J connectivity index is 0. The van der Waals surface area contributed by atoms with Crippen molar-refractivity contribution in [3.8, 4) is 5.75 Å². The molecule has 1 nitrogen and oxygen atoms in total. The van der Waals surface area contributed by atoms with Gasteiger partial charge in [-0.15, -0.1) is 0 Å². The van der Waals surface area contributed by atoms with Gasteiger partial charge in [-0.25, -0.2) is 0 Å². The highest BCUT2D eigenvalue weighted by Gasteiger charge is 1.82. The lowest BCUT2D eigenvalue weighted by molar-refractivity contribution is 0.475. The first-order valence-electron chi connectivity index (χ1n) is 5.96. The lowest BCUT2D eigenvalue weighted by Gasteiger charge is -1.89. The molecule has 1 aromatic rings. The predicted octanol–water partition coefficient (Wildman–Crippen LogP) is 4.92. The maximum atomic E-state index is 8.76. The number of rotatable bonds is 2. The first-order valence-corrected chi connectivity index (χ1v) is 5.96. The summed E-state index contributed by atoms with van der Waals surface area (Å²) in [5.74, 6) is 0.329. The summed E-state index contributed by atoms with van der Waals surface area (Å²) in [4.78, 5) is 0. The van der Waals surface area contributed by atoms with E-state index in [2.05, 4.69) is 13.8 Å². The highest BCUT2D eigenvalue weighted by molar-refractivity contribution is 5.24. The SMILES string of the molecule is CC.CCCCC.Cc1ccc(O)cc1. The Hall–Kier alpha value is -0.980. The van der Waals surface area contributed by atoms with E-state index in [0.29, 0.717) is 5.75 Å². The zero-order valence-corrected chi connectivity index (χ0v) is 10.9. The Morgan fingerprint density at radius 3 is 1.53 bits per heavy atom. The van der Waals surface area contributed by atoms with Gasteiger partial charge in [0.05, 0.1) is 0 Å². The quantitative estimate of drug-likeness (QED) is 0.734. The average Bonchev–Trinajstić information content (AvgIpc) is 2.27. The highest BCUT2D eigenvalue weighted by atomic mass is 16.3. The third-order valence-electron chi connectivity index (χ3n) is 1.74. The number of phenolic OH excluding ortho intramolecular Hbond substituents is 1. The van der Waals surface area contributed by atoms with Crippen LogP contribution < -0.4 is 0 Å². The molecular formula is C14H26O. The van der Waals surface area contributed by atoms with Crippen LogP contribution in [0.25, 0.3) is 0 Å². The van der Waals surface area contributed by atoms with Crippen LogP contribution >= 0.6 is 0 Å². The highest BCUT2D eigenvalue weighted by Crippen LogP contribution is 2.07. The van der Waals surface area contributed by atoms with Crippen molar-refractivity contribution in [1.29, 1.82) is 0 Å². The normalized spacial score (nSPS) is 8.07. The van der Waals surface area contributed by atoms with Gasteiger partial charge in [0.1, 0.15) is 5.75 Å². The minimum absolute atomic E-state index is 0.329. The number of unbranched alkanes of at least 4 members (excludes halogenated alkanes) is 2. The van der Waals surface area contributed by atoms with Crippen molar-refractivity contribution in [2.24, 2.45) is 0 Å². The molecule has 0 fully saturated rings. The monoisotopic (exact) mass is 210 g/mol. The van der Waals surface area contributed by atoms with Crippen LogP contribution in [0, 0.1) is 6.92 Å². The molecular weight excluding hydrogens is 184 g/mol. The Labute approximate surface area is 95.2 Å². The van der Waals surface area contributed by atoms with Crippen molar-refractivity contribution in [3.63, 3.8) is 0 Å². The third kappa shape index (κ3) is 13.0. The fourth-order valence-corrected chi connectivity index (χ4v) is 0.898. The van der Waals surface area contributed by atoms with Gasteiger partial charge in [0, 0.05) is 0 Å². The molecule has 0 bridgehead atoms. The molecule has 0 aliphatic rings. The lowest BCUT2D eigenvalue weighted by atomic mass is 10.2. The summed E-state index contributed by atoms with van der Waals surface area (Å²) in [5.41, 5.74) is 1.17. The molecule has 0 atom stereocenters. The van der Waals surface area contributed by atoms with Crippen molar-refractivity contribution in [1.82, 2.24) is 0 Å². The molecule has 0 heterocycles. The molecule has 0 saturated heterocycles. The van der Waals surface area contributed by atoms with Gasteiger partial charge in [-0.1, -0.05) is 64.7 Å². The first-order chi connectivity index (χ1) is 7.20. The van der Waals surface area contributed by atoms with Crippen LogP contribution in [0.1, 0.15) is 52.5 Å². The van der Waals surface area contributed by atoms with Gasteiger partial charge < -0.3 is 5.11 Å². The second kappa shape index (κ2) is 13.0. The topological polar surface area (TPSA) is 20.2 Å². The summed E-state index contributed by atoms with van der Waals surface area (Å²) < 4.78 is 0. The summed E-state index contributed by atoms with van der Waals surface area (Å²) in [7, 11) is 0. The summed E-state index contributed by atoms with van der Waals surface area (Å²) in [6, 6.07) is 7.09. The second-order valence-corrected chi connectivity index (χ2v) is 3.19. The van der Waals surface area contributed by atoms with E-state index in [1.165, 1.54) is 24.8 Å². The van der Waals surface area contributed by atoms with Crippen LogP contribution in [0.3, 0.4) is 0 Å². The fourth-order valence-electron chi connectivity index (χ4n) is 0.898. The molecule has 0 unspecified atom stereocenters. The van der Waals surface area contributed by atoms with E-state index in [1.807, 2.05) is 32.9 Å². The average molecular weight is 210 g/mol. The Bertz CT molecular complexity index is 178. The molecule has 0 amide bonds. The van der Waals surface area contributed by atoms with Gasteiger partial charge in [-0.05, 0) is 19.1 Å². The van der Waals surface area contributed by atoms with E-state index in [1.54, 1.807) is 12.1 Å². The minimum atomic E-state index is 0.329. The summed E-state index contributed by atoms with van der Waals surface area (Å²) in [6.45, 7) is 10.4. The van der Waals surface area contributed by atoms with Gasteiger partial charge in [0.2, 0.25) is 0 Å². The van der Waals surface area contributed by atoms with E-state index in [0.717, 1.165) is 0 Å². The molecule has 0 aliphatic carbocycles. The zero-order valence-electron chi connectivity index (χ0n) is 10.9. The van der Waals surface area contributed by atoms with Crippen molar-refractivity contribution in [3.05, 3.63) is 29.8 Å². The number of hydrogen-bond donors (Lipinski definition) is 1. The van der Waals surface area contributed by atoms with Gasteiger partial charge in [0.25, 0.3) is 0 Å². The predicted molar refractivity (Wildman–Crippen MR) is 69.4 cm³/mol. The van der Waals surface area contributed by atoms with E-state index < -0.39 is 0 Å². The molecule has 0 aliphatic heterocycles. The fraction of sp³-hybridized carbons (Fsp3) is 0.571. The van der Waals surface area contributed by atoms with Crippen molar-refractivity contribution in [2.45, 2.75) is 53.9 Å². The molecule has 1 aromatic carbocycles. The van der Waals surface area contributed by atoms with E-state index in [9.17, 15) is 0 Å². The smallest absolute Gasteiger partial charge is 0.115 e.